The van der Waals surface area contributed by atoms with Gasteiger partial charge in [-0.25, -0.2) is 4.79 Å². The highest BCUT2D eigenvalue weighted by Gasteiger charge is 2.17. The van der Waals surface area contributed by atoms with Crippen molar-refractivity contribution in [2.75, 3.05) is 24.3 Å². The van der Waals surface area contributed by atoms with Crippen LogP contribution in [0.25, 0.3) is 0 Å². The molecule has 108 valence electrons. The molecule has 0 aliphatic carbocycles. The van der Waals surface area contributed by atoms with Crippen molar-refractivity contribution in [3.05, 3.63) is 53.9 Å². The fourth-order valence-corrected chi connectivity index (χ4v) is 1.81. The Hall–Kier alpha value is -2.89. The molecule has 0 unspecified atom stereocenters. The van der Waals surface area contributed by atoms with Gasteiger partial charge in [0, 0.05) is 31.7 Å². The van der Waals surface area contributed by atoms with Gasteiger partial charge in [-0.15, -0.1) is 0 Å². The number of anilines is 2. The molecule has 6 heteroatoms. The summed E-state index contributed by atoms with van der Waals surface area (Å²) >= 11 is 0. The molecule has 0 bridgehead atoms. The van der Waals surface area contributed by atoms with Gasteiger partial charge in [0.15, 0.2) is 0 Å². The van der Waals surface area contributed by atoms with Crippen LogP contribution in [0.3, 0.4) is 0 Å². The number of hydrogen-bond donors (Lipinski definition) is 2. The summed E-state index contributed by atoms with van der Waals surface area (Å²) < 4.78 is 0. The first kappa shape index (κ1) is 14.5. The number of nitrogens with zero attached hydrogens (tertiary/aromatic N) is 2. The maximum atomic E-state index is 12.2. The lowest BCUT2D eigenvalue weighted by Crippen LogP contribution is -2.18. The van der Waals surface area contributed by atoms with E-state index in [1.165, 1.54) is 18.3 Å². The number of aromatic nitrogens is 1. The number of rotatable bonds is 4. The molecule has 1 heterocycles. The molecule has 0 saturated carbocycles. The van der Waals surface area contributed by atoms with E-state index in [0.717, 1.165) is 5.69 Å². The summed E-state index contributed by atoms with van der Waals surface area (Å²) in [7, 11) is 3.78. The quantitative estimate of drug-likeness (QED) is 0.899. The van der Waals surface area contributed by atoms with Crippen LogP contribution in [0, 0.1) is 0 Å². The van der Waals surface area contributed by atoms with Crippen LogP contribution in [0.1, 0.15) is 20.8 Å². The van der Waals surface area contributed by atoms with E-state index in [2.05, 4.69) is 10.3 Å². The number of amides is 1. The van der Waals surface area contributed by atoms with Gasteiger partial charge in [-0.2, -0.15) is 0 Å². The molecule has 2 aromatic rings. The first-order valence-corrected chi connectivity index (χ1v) is 6.26. The second-order valence-electron chi connectivity index (χ2n) is 4.60. The molecule has 0 spiro atoms. The smallest absolute Gasteiger partial charge is 0.338 e. The Morgan fingerprint density at radius 3 is 2.62 bits per heavy atom. The molecule has 0 aliphatic rings. The molecule has 2 N–H and O–H groups in total. The van der Waals surface area contributed by atoms with Gasteiger partial charge in [-0.05, 0) is 30.3 Å². The Balaban J connectivity index is 2.26. The SMILES string of the molecule is CN(C)c1cccc(NC(=O)c2ncccc2C(=O)O)c1. The molecule has 0 aliphatic heterocycles. The van der Waals surface area contributed by atoms with E-state index in [1.54, 1.807) is 12.1 Å². The van der Waals surface area contributed by atoms with E-state index < -0.39 is 11.9 Å². The fraction of sp³-hybridized carbons (Fsp3) is 0.133. The first-order chi connectivity index (χ1) is 9.99. The van der Waals surface area contributed by atoms with Crippen molar-refractivity contribution in [3.8, 4) is 0 Å². The second-order valence-corrected chi connectivity index (χ2v) is 4.60. The molecule has 0 fully saturated rings. The van der Waals surface area contributed by atoms with Crippen molar-refractivity contribution < 1.29 is 14.7 Å². The molecule has 21 heavy (non-hydrogen) atoms. The van der Waals surface area contributed by atoms with Crippen molar-refractivity contribution in [1.29, 1.82) is 0 Å². The summed E-state index contributed by atoms with van der Waals surface area (Å²) in [5, 5.41) is 11.7. The normalized spacial score (nSPS) is 10.0. The van der Waals surface area contributed by atoms with E-state index in [4.69, 9.17) is 5.11 Å². The van der Waals surface area contributed by atoms with E-state index in [-0.39, 0.29) is 11.3 Å². The van der Waals surface area contributed by atoms with Crippen LogP contribution in [-0.2, 0) is 0 Å². The zero-order valence-corrected chi connectivity index (χ0v) is 11.7. The summed E-state index contributed by atoms with van der Waals surface area (Å²) in [6.45, 7) is 0. The Bertz CT molecular complexity index is 683. The molecule has 0 radical (unpaired) electrons. The summed E-state index contributed by atoms with van der Waals surface area (Å²) in [6, 6.07) is 10.1. The predicted molar refractivity (Wildman–Crippen MR) is 79.9 cm³/mol. The molecule has 0 saturated heterocycles. The highest BCUT2D eigenvalue weighted by atomic mass is 16.4. The number of pyridine rings is 1. The van der Waals surface area contributed by atoms with Crippen LogP contribution in [0.5, 0.6) is 0 Å². The number of nitrogens with one attached hydrogen (secondary N) is 1. The summed E-state index contributed by atoms with van der Waals surface area (Å²) in [4.78, 5) is 29.0. The van der Waals surface area contributed by atoms with Gasteiger partial charge in [0.25, 0.3) is 5.91 Å². The highest BCUT2D eigenvalue weighted by Crippen LogP contribution is 2.18. The zero-order chi connectivity index (χ0) is 15.4. The number of benzene rings is 1. The van der Waals surface area contributed by atoms with Gasteiger partial charge in [-0.1, -0.05) is 6.07 Å². The van der Waals surface area contributed by atoms with Crippen molar-refractivity contribution in [2.24, 2.45) is 0 Å². The minimum absolute atomic E-state index is 0.111. The van der Waals surface area contributed by atoms with Gasteiger partial charge < -0.3 is 15.3 Å². The van der Waals surface area contributed by atoms with Crippen LogP contribution >= 0.6 is 0 Å². The number of carbonyl (C=O) groups excluding carboxylic acids is 1. The third-order valence-electron chi connectivity index (χ3n) is 2.87. The van der Waals surface area contributed by atoms with Gasteiger partial charge in [0.1, 0.15) is 5.69 Å². The number of carboxylic acid groups (broad SMARTS) is 1. The van der Waals surface area contributed by atoms with Crippen LogP contribution < -0.4 is 10.2 Å². The van der Waals surface area contributed by atoms with Crippen LogP contribution in [-0.4, -0.2) is 36.1 Å². The third kappa shape index (κ3) is 3.36. The van der Waals surface area contributed by atoms with Crippen molar-refractivity contribution in [2.45, 2.75) is 0 Å². The summed E-state index contributed by atoms with van der Waals surface area (Å²) in [5.74, 6) is -1.74. The second kappa shape index (κ2) is 6.04. The first-order valence-electron chi connectivity index (χ1n) is 6.26. The minimum atomic E-state index is -1.18. The van der Waals surface area contributed by atoms with Gasteiger partial charge in [0.2, 0.25) is 0 Å². The molecule has 1 aromatic carbocycles. The largest absolute Gasteiger partial charge is 0.478 e. The summed E-state index contributed by atoms with van der Waals surface area (Å²) in [5.41, 5.74) is 1.26. The molecule has 6 nitrogen and oxygen atoms in total. The number of aromatic carboxylic acids is 1. The monoisotopic (exact) mass is 285 g/mol. The Labute approximate surface area is 122 Å². The zero-order valence-electron chi connectivity index (χ0n) is 11.7. The maximum Gasteiger partial charge on any atom is 0.338 e. The van der Waals surface area contributed by atoms with Gasteiger partial charge in [0.05, 0.1) is 5.56 Å². The third-order valence-corrected chi connectivity index (χ3v) is 2.87. The molecule has 0 atom stereocenters. The lowest BCUT2D eigenvalue weighted by atomic mass is 10.2. The Kier molecular flexibility index (Phi) is 4.18. The Morgan fingerprint density at radius 2 is 1.95 bits per heavy atom. The summed E-state index contributed by atoms with van der Waals surface area (Å²) in [6.07, 6.45) is 1.39. The Morgan fingerprint density at radius 1 is 1.19 bits per heavy atom. The minimum Gasteiger partial charge on any atom is -0.478 e. The average molecular weight is 285 g/mol. The molecule has 1 aromatic heterocycles. The van der Waals surface area contributed by atoms with E-state index in [0.29, 0.717) is 5.69 Å². The van der Waals surface area contributed by atoms with Crippen LogP contribution in [0.2, 0.25) is 0 Å². The van der Waals surface area contributed by atoms with Crippen LogP contribution in [0.4, 0.5) is 11.4 Å². The van der Waals surface area contributed by atoms with E-state index >= 15 is 0 Å². The predicted octanol–water partition coefficient (Wildman–Crippen LogP) is 2.10. The van der Waals surface area contributed by atoms with Gasteiger partial charge in [-0.3, -0.25) is 9.78 Å². The van der Waals surface area contributed by atoms with Crippen LogP contribution in [0.15, 0.2) is 42.6 Å². The molecule has 2 rings (SSSR count). The van der Waals surface area contributed by atoms with E-state index in [1.807, 2.05) is 31.1 Å². The fourth-order valence-electron chi connectivity index (χ4n) is 1.81. The number of carbonyl (C=O) groups is 2. The van der Waals surface area contributed by atoms with Crippen molar-refractivity contribution in [1.82, 2.24) is 4.98 Å². The molecular weight excluding hydrogens is 270 g/mol. The van der Waals surface area contributed by atoms with E-state index in [9.17, 15) is 9.59 Å². The standard InChI is InChI=1S/C15H15N3O3/c1-18(2)11-6-3-5-10(9-11)17-14(19)13-12(15(20)21)7-4-8-16-13/h3-9H,1-2H3,(H,17,19)(H,20,21). The lowest BCUT2D eigenvalue weighted by Gasteiger charge is -2.14. The topological polar surface area (TPSA) is 82.5 Å². The van der Waals surface area contributed by atoms with Gasteiger partial charge >= 0.3 is 5.97 Å². The number of carboxylic acids is 1. The van der Waals surface area contributed by atoms with Crippen molar-refractivity contribution in [3.63, 3.8) is 0 Å². The number of hydrogen-bond acceptors (Lipinski definition) is 4. The average Bonchev–Trinajstić information content (AvgIpc) is 2.47. The van der Waals surface area contributed by atoms with Crippen molar-refractivity contribution >= 4 is 23.3 Å². The molecular formula is C15H15N3O3. The lowest BCUT2D eigenvalue weighted by molar-refractivity contribution is 0.0691. The molecule has 1 amide bonds. The maximum absolute atomic E-state index is 12.2. The highest BCUT2D eigenvalue weighted by molar-refractivity contribution is 6.09.